The number of esters is 1. The van der Waals surface area contributed by atoms with E-state index in [0.29, 0.717) is 28.9 Å². The van der Waals surface area contributed by atoms with Crippen molar-refractivity contribution in [3.63, 3.8) is 0 Å². The maximum Gasteiger partial charge on any atom is 0.324 e. The van der Waals surface area contributed by atoms with Gasteiger partial charge in [-0.1, -0.05) is 41.4 Å². The number of rotatable bonds is 6. The lowest BCUT2D eigenvalue weighted by molar-refractivity contribution is -0.142. The molecule has 0 spiro atoms. The molecule has 0 saturated heterocycles. The van der Waals surface area contributed by atoms with Crippen LogP contribution in [0.2, 0.25) is 5.02 Å². The molecular weight excluding hydrogens is 344 g/mol. The van der Waals surface area contributed by atoms with Crippen LogP contribution in [0.15, 0.2) is 12.1 Å². The minimum absolute atomic E-state index is 0.336. The molecule has 20 heavy (non-hydrogen) atoms. The largest absolute Gasteiger partial charge is 0.496 e. The van der Waals surface area contributed by atoms with Gasteiger partial charge in [-0.05, 0) is 37.0 Å². The molecular formula is C15H20BrClO3. The molecule has 0 N–H and O–H groups in total. The molecule has 1 rings (SSSR count). The van der Waals surface area contributed by atoms with Crippen LogP contribution in [-0.4, -0.2) is 19.7 Å². The maximum atomic E-state index is 11.8. The number of halogens is 2. The summed E-state index contributed by atoms with van der Waals surface area (Å²) < 4.78 is 10.4. The molecule has 0 aliphatic rings. The summed E-state index contributed by atoms with van der Waals surface area (Å²) in [5, 5.41) is 0.642. The zero-order chi connectivity index (χ0) is 15.3. The topological polar surface area (TPSA) is 35.5 Å². The third-order valence-corrected chi connectivity index (χ3v) is 4.01. The molecule has 0 aliphatic heterocycles. The van der Waals surface area contributed by atoms with Crippen molar-refractivity contribution in [2.75, 3.05) is 13.7 Å². The summed E-state index contributed by atoms with van der Waals surface area (Å²) in [5.74, 6) is 0.784. The molecule has 0 heterocycles. The first-order chi connectivity index (χ1) is 9.40. The lowest BCUT2D eigenvalue weighted by Gasteiger charge is -2.16. The lowest BCUT2D eigenvalue weighted by Crippen LogP contribution is -2.12. The molecule has 0 fully saturated rings. The molecule has 3 nitrogen and oxygen atoms in total. The van der Waals surface area contributed by atoms with Crippen molar-refractivity contribution < 1.29 is 14.3 Å². The van der Waals surface area contributed by atoms with Crippen molar-refractivity contribution in [1.82, 2.24) is 0 Å². The Balaban J connectivity index is 3.14. The van der Waals surface area contributed by atoms with Crippen LogP contribution in [-0.2, 0) is 16.0 Å². The molecule has 5 heteroatoms. The Hall–Kier alpha value is -0.740. The van der Waals surface area contributed by atoms with Crippen molar-refractivity contribution in [2.45, 2.75) is 32.0 Å². The molecule has 0 aromatic heterocycles. The standard InChI is InChI=1S/C15H20BrClO3/c1-5-20-15(18)14(16)11-8-12(17)10(6-9(2)3)7-13(11)19-4/h7-9,14H,5-6H2,1-4H3. The Kier molecular flexibility index (Phi) is 6.83. The molecule has 1 aromatic rings. The van der Waals surface area contributed by atoms with Gasteiger partial charge in [-0.2, -0.15) is 0 Å². The molecule has 0 aliphatic carbocycles. The Morgan fingerprint density at radius 3 is 2.55 bits per heavy atom. The van der Waals surface area contributed by atoms with E-state index in [-0.39, 0.29) is 5.97 Å². The second kappa shape index (κ2) is 7.89. The van der Waals surface area contributed by atoms with Gasteiger partial charge >= 0.3 is 5.97 Å². The summed E-state index contributed by atoms with van der Waals surface area (Å²) in [6, 6.07) is 3.67. The van der Waals surface area contributed by atoms with Crippen molar-refractivity contribution >= 4 is 33.5 Å². The summed E-state index contributed by atoms with van der Waals surface area (Å²) >= 11 is 9.64. The molecule has 1 unspecified atom stereocenters. The predicted molar refractivity (Wildman–Crippen MR) is 84.8 cm³/mol. The van der Waals surface area contributed by atoms with Gasteiger partial charge in [0.1, 0.15) is 10.6 Å². The minimum Gasteiger partial charge on any atom is -0.496 e. The zero-order valence-electron chi connectivity index (χ0n) is 12.2. The van der Waals surface area contributed by atoms with Gasteiger partial charge in [0.25, 0.3) is 0 Å². The highest BCUT2D eigenvalue weighted by Crippen LogP contribution is 2.36. The lowest BCUT2D eigenvalue weighted by atomic mass is 10.00. The number of benzene rings is 1. The highest BCUT2D eigenvalue weighted by molar-refractivity contribution is 9.09. The van der Waals surface area contributed by atoms with Gasteiger partial charge in [0.2, 0.25) is 0 Å². The summed E-state index contributed by atoms with van der Waals surface area (Å²) in [6.45, 7) is 6.36. The van der Waals surface area contributed by atoms with Gasteiger partial charge in [-0.3, -0.25) is 4.79 Å². The van der Waals surface area contributed by atoms with Crippen molar-refractivity contribution in [2.24, 2.45) is 5.92 Å². The van der Waals surface area contributed by atoms with Gasteiger partial charge in [-0.25, -0.2) is 0 Å². The van der Waals surface area contributed by atoms with E-state index in [1.54, 1.807) is 20.1 Å². The fourth-order valence-electron chi connectivity index (χ4n) is 1.92. The maximum absolute atomic E-state index is 11.8. The first-order valence-corrected chi connectivity index (χ1v) is 7.87. The number of hydrogen-bond acceptors (Lipinski definition) is 3. The number of carbonyl (C=O) groups excluding carboxylic acids is 1. The fraction of sp³-hybridized carbons (Fsp3) is 0.533. The van der Waals surface area contributed by atoms with E-state index in [2.05, 4.69) is 29.8 Å². The van der Waals surface area contributed by atoms with E-state index in [0.717, 1.165) is 12.0 Å². The van der Waals surface area contributed by atoms with E-state index in [1.165, 1.54) is 0 Å². The Morgan fingerprint density at radius 2 is 2.05 bits per heavy atom. The van der Waals surface area contributed by atoms with Crippen LogP contribution < -0.4 is 4.74 Å². The second-order valence-electron chi connectivity index (χ2n) is 4.90. The monoisotopic (exact) mass is 362 g/mol. The molecule has 112 valence electrons. The highest BCUT2D eigenvalue weighted by atomic mass is 79.9. The van der Waals surface area contributed by atoms with E-state index < -0.39 is 4.83 Å². The van der Waals surface area contributed by atoms with Crippen molar-refractivity contribution in [3.05, 3.63) is 28.3 Å². The van der Waals surface area contributed by atoms with E-state index in [4.69, 9.17) is 21.1 Å². The van der Waals surface area contributed by atoms with Crippen LogP contribution in [0.1, 0.15) is 36.7 Å². The summed E-state index contributed by atoms with van der Waals surface area (Å²) in [4.78, 5) is 11.2. The molecule has 0 amide bonds. The number of alkyl halides is 1. The summed E-state index contributed by atoms with van der Waals surface area (Å²) in [5.41, 5.74) is 1.70. The normalized spacial score (nSPS) is 12.3. The van der Waals surface area contributed by atoms with Crippen LogP contribution in [0.5, 0.6) is 5.75 Å². The van der Waals surface area contributed by atoms with Crippen LogP contribution in [0.25, 0.3) is 0 Å². The smallest absolute Gasteiger partial charge is 0.324 e. The third-order valence-electron chi connectivity index (χ3n) is 2.79. The SMILES string of the molecule is CCOC(=O)C(Br)c1cc(Cl)c(CC(C)C)cc1OC. The van der Waals surface area contributed by atoms with Gasteiger partial charge in [0.15, 0.2) is 0 Å². The van der Waals surface area contributed by atoms with Crippen LogP contribution in [0.3, 0.4) is 0 Å². The van der Waals surface area contributed by atoms with E-state index in [1.807, 2.05) is 6.07 Å². The number of hydrogen-bond donors (Lipinski definition) is 0. The second-order valence-corrected chi connectivity index (χ2v) is 6.22. The predicted octanol–water partition coefficient (Wildman–Crippen LogP) is 4.55. The number of carbonyl (C=O) groups is 1. The molecule has 1 atom stereocenters. The molecule has 0 bridgehead atoms. The quantitative estimate of drug-likeness (QED) is 0.549. The fourth-order valence-corrected chi connectivity index (χ4v) is 2.66. The van der Waals surface area contributed by atoms with Crippen LogP contribution >= 0.6 is 27.5 Å². The van der Waals surface area contributed by atoms with Crippen molar-refractivity contribution in [1.29, 1.82) is 0 Å². The Labute approximate surface area is 133 Å². The number of methoxy groups -OCH3 is 1. The molecule has 0 radical (unpaired) electrons. The Bertz CT molecular complexity index is 474. The van der Waals surface area contributed by atoms with Gasteiger partial charge < -0.3 is 9.47 Å². The van der Waals surface area contributed by atoms with Gasteiger partial charge in [-0.15, -0.1) is 0 Å². The first-order valence-electron chi connectivity index (χ1n) is 6.57. The van der Waals surface area contributed by atoms with E-state index >= 15 is 0 Å². The van der Waals surface area contributed by atoms with Crippen LogP contribution in [0, 0.1) is 5.92 Å². The third kappa shape index (κ3) is 4.38. The Morgan fingerprint density at radius 1 is 1.40 bits per heavy atom. The first kappa shape index (κ1) is 17.3. The number of ether oxygens (including phenoxy) is 2. The molecule has 1 aromatic carbocycles. The van der Waals surface area contributed by atoms with Crippen molar-refractivity contribution in [3.8, 4) is 5.75 Å². The zero-order valence-corrected chi connectivity index (χ0v) is 14.5. The summed E-state index contributed by atoms with van der Waals surface area (Å²) in [7, 11) is 1.58. The molecule has 0 saturated carbocycles. The minimum atomic E-state index is -0.581. The van der Waals surface area contributed by atoms with Gasteiger partial charge in [0, 0.05) is 10.6 Å². The van der Waals surface area contributed by atoms with Crippen LogP contribution in [0.4, 0.5) is 0 Å². The average molecular weight is 364 g/mol. The van der Waals surface area contributed by atoms with E-state index in [9.17, 15) is 4.79 Å². The summed E-state index contributed by atoms with van der Waals surface area (Å²) in [6.07, 6.45) is 0.863. The highest BCUT2D eigenvalue weighted by Gasteiger charge is 2.23. The van der Waals surface area contributed by atoms with Gasteiger partial charge in [0.05, 0.1) is 13.7 Å². The average Bonchev–Trinajstić information content (AvgIpc) is 2.39.